The first-order valence-electron chi connectivity index (χ1n) is 5.69. The Hall–Kier alpha value is -1.07. The van der Waals surface area contributed by atoms with E-state index in [4.69, 9.17) is 5.73 Å². The quantitative estimate of drug-likeness (QED) is 0.316. The minimum absolute atomic E-state index is 0.609. The van der Waals surface area contributed by atoms with Crippen molar-refractivity contribution < 1.29 is 0 Å². The average molecular weight is 255 g/mol. The van der Waals surface area contributed by atoms with E-state index in [9.17, 15) is 0 Å². The summed E-state index contributed by atoms with van der Waals surface area (Å²) in [5.41, 5.74) is 5.73. The average Bonchev–Trinajstić information content (AvgIpc) is 2.31. The third-order valence-corrected chi connectivity index (χ3v) is 1.60. The molecule has 1 atom stereocenters. The normalized spacial score (nSPS) is 7.76. The summed E-state index contributed by atoms with van der Waals surface area (Å²) in [5.74, 6) is 1.92. The van der Waals surface area contributed by atoms with Crippen molar-refractivity contribution in [3.63, 3.8) is 0 Å². The van der Waals surface area contributed by atoms with Crippen LogP contribution in [0.4, 0.5) is 0 Å². The summed E-state index contributed by atoms with van der Waals surface area (Å²) in [6.45, 7) is 21.7. The van der Waals surface area contributed by atoms with Crippen LogP contribution in [0.5, 0.6) is 0 Å². The second-order valence-electron chi connectivity index (χ2n) is 2.38. The number of hydrogen-bond acceptors (Lipinski definition) is 1. The molecule has 0 rings (SSSR count). The lowest BCUT2D eigenvalue weighted by molar-refractivity contribution is 1.44. The zero-order valence-corrected chi connectivity index (χ0v) is 13.0. The van der Waals surface area contributed by atoms with Gasteiger partial charge in [-0.3, -0.25) is 0 Å². The van der Waals surface area contributed by atoms with Crippen molar-refractivity contribution in [1.29, 1.82) is 0 Å². The molecule has 1 unspecified atom stereocenters. The van der Waals surface area contributed by atoms with E-state index in [0.29, 0.717) is 5.70 Å². The van der Waals surface area contributed by atoms with Gasteiger partial charge >= 0.3 is 0 Å². The molecule has 2 heteroatoms. The van der Waals surface area contributed by atoms with E-state index in [0.717, 1.165) is 14.7 Å². The lowest BCUT2D eigenvalue weighted by atomic mass is 10.4. The fraction of sp³-hybridized carbons (Fsp3) is 0.333. The molecule has 0 bridgehead atoms. The maximum atomic E-state index is 5.12. The van der Waals surface area contributed by atoms with Crippen molar-refractivity contribution in [3.8, 4) is 0 Å². The van der Waals surface area contributed by atoms with Crippen LogP contribution in [0, 0.1) is 0 Å². The second-order valence-corrected chi connectivity index (χ2v) is 3.61. The molecule has 0 amide bonds. The van der Waals surface area contributed by atoms with Gasteiger partial charge in [0.1, 0.15) is 0 Å². The molecule has 0 heterocycles. The number of nitrogens with two attached hydrogens (primary N) is 1. The maximum absolute atomic E-state index is 5.12. The number of allylic oxidation sites excluding steroid dienone is 4. The molecule has 0 aliphatic carbocycles. The fourth-order valence-corrected chi connectivity index (χ4v) is 0.714. The highest BCUT2D eigenvalue weighted by molar-refractivity contribution is 7.41. The first-order chi connectivity index (χ1) is 8.10. The zero-order valence-electron chi connectivity index (χ0n) is 12.0. The number of rotatable bonds is 4. The predicted octanol–water partition coefficient (Wildman–Crippen LogP) is 5.25. The summed E-state index contributed by atoms with van der Waals surface area (Å²) in [7, 11) is 0.861. The van der Waals surface area contributed by atoms with Crippen molar-refractivity contribution >= 4 is 8.58 Å². The Morgan fingerprint density at radius 1 is 1.18 bits per heavy atom. The molecule has 0 saturated carbocycles. The van der Waals surface area contributed by atoms with Gasteiger partial charge in [-0.1, -0.05) is 59.6 Å². The van der Waals surface area contributed by atoms with Gasteiger partial charge in [0.05, 0.1) is 0 Å². The van der Waals surface area contributed by atoms with Crippen LogP contribution < -0.4 is 5.73 Å². The monoisotopic (exact) mass is 255 g/mol. The molecule has 0 fully saturated rings. The Balaban J connectivity index is -0.0000000727. The zero-order chi connectivity index (χ0) is 14.5. The Morgan fingerprint density at radius 2 is 1.59 bits per heavy atom. The first kappa shape index (κ1) is 24.9. The second kappa shape index (κ2) is 36.3. The summed E-state index contributed by atoms with van der Waals surface area (Å²) in [4.78, 5) is 0. The highest BCUT2D eigenvalue weighted by atomic mass is 31.1. The van der Waals surface area contributed by atoms with E-state index in [1.165, 1.54) is 0 Å². The van der Waals surface area contributed by atoms with Crippen LogP contribution in [0.3, 0.4) is 0 Å². The van der Waals surface area contributed by atoms with Crippen molar-refractivity contribution in [3.05, 3.63) is 62.1 Å². The molecule has 0 aliphatic rings. The Labute approximate surface area is 111 Å². The van der Waals surface area contributed by atoms with E-state index in [1.54, 1.807) is 12.2 Å². The summed E-state index contributed by atoms with van der Waals surface area (Å²) >= 11 is 0. The highest BCUT2D eigenvalue weighted by Crippen LogP contribution is 2.07. The van der Waals surface area contributed by atoms with Gasteiger partial charge in [0.2, 0.25) is 0 Å². The smallest absolute Gasteiger partial charge is 0.0237 e. The molecule has 0 saturated heterocycles. The van der Waals surface area contributed by atoms with E-state index < -0.39 is 0 Å². The van der Waals surface area contributed by atoms with Gasteiger partial charge in [-0.05, 0) is 26.1 Å². The van der Waals surface area contributed by atoms with Crippen molar-refractivity contribution in [2.24, 2.45) is 5.73 Å². The molecule has 0 aromatic heterocycles. The van der Waals surface area contributed by atoms with E-state index in [1.807, 2.05) is 45.7 Å². The van der Waals surface area contributed by atoms with Crippen molar-refractivity contribution in [2.45, 2.75) is 27.7 Å². The predicted molar refractivity (Wildman–Crippen MR) is 88.9 cm³/mol. The molecule has 1 nitrogen and oxygen atoms in total. The maximum Gasteiger partial charge on any atom is 0.0237 e. The Kier molecular flexibility index (Phi) is 53.3. The fourth-order valence-electron chi connectivity index (χ4n) is 0.381. The van der Waals surface area contributed by atoms with Crippen LogP contribution in [0.25, 0.3) is 0 Å². The van der Waals surface area contributed by atoms with Crippen LogP contribution in [0.2, 0.25) is 0 Å². The van der Waals surface area contributed by atoms with E-state index >= 15 is 0 Å². The van der Waals surface area contributed by atoms with Gasteiger partial charge in [-0.25, -0.2) is 0 Å². The Bertz CT molecular complexity index is 185. The molecule has 0 aromatic rings. The molecule has 0 spiro atoms. The van der Waals surface area contributed by atoms with Crippen LogP contribution in [-0.2, 0) is 0 Å². The molecule has 0 aliphatic heterocycles. The van der Waals surface area contributed by atoms with Crippen LogP contribution >= 0.6 is 8.58 Å². The molecule has 17 heavy (non-hydrogen) atoms. The van der Waals surface area contributed by atoms with Crippen molar-refractivity contribution in [2.75, 3.05) is 6.16 Å². The molecule has 2 N–H and O–H groups in total. The Morgan fingerprint density at radius 3 is 1.65 bits per heavy atom. The van der Waals surface area contributed by atoms with Gasteiger partial charge in [-0.15, -0.1) is 13.2 Å². The standard InChI is InChI=1S/C5H9N.C5H9P.C3H6.C2H6/c1-3-4-5(2)6;1-3-5-6-4-2;1-3-2;1-2/h3-4H,2,6H2,1H3;3-4,6H,1-2,5H2;3H,1H2,2H3;1-2H3/b4-3-;;;. The summed E-state index contributed by atoms with van der Waals surface area (Å²) in [6, 6.07) is 0. The SMILES string of the molecule is C=C(N)/C=C\C.C=CC.C=CCPC=C.CC. The minimum Gasteiger partial charge on any atom is -0.399 e. The molecule has 0 aromatic carbocycles. The highest BCUT2D eigenvalue weighted by Gasteiger charge is 1.65. The molecule has 0 radical (unpaired) electrons. The molecular weight excluding hydrogens is 225 g/mol. The summed E-state index contributed by atoms with van der Waals surface area (Å²) < 4.78 is 0. The largest absolute Gasteiger partial charge is 0.399 e. The van der Waals surface area contributed by atoms with Gasteiger partial charge in [0, 0.05) is 5.70 Å². The minimum atomic E-state index is 0.609. The third kappa shape index (κ3) is 103. The number of hydrogen-bond donors (Lipinski definition) is 1. The molecular formula is C15H30NP. The lowest BCUT2D eigenvalue weighted by Crippen LogP contribution is -1.86. The van der Waals surface area contributed by atoms with Crippen molar-refractivity contribution in [1.82, 2.24) is 0 Å². The molecule has 100 valence electrons. The van der Waals surface area contributed by atoms with E-state index in [2.05, 4.69) is 26.3 Å². The topological polar surface area (TPSA) is 26.0 Å². The van der Waals surface area contributed by atoms with Gasteiger partial charge < -0.3 is 5.73 Å². The van der Waals surface area contributed by atoms with Gasteiger partial charge in [0.15, 0.2) is 0 Å². The summed E-state index contributed by atoms with van der Waals surface area (Å²) in [6.07, 6.45) is 8.34. The van der Waals surface area contributed by atoms with Crippen LogP contribution in [0.1, 0.15) is 27.7 Å². The van der Waals surface area contributed by atoms with Gasteiger partial charge in [-0.2, -0.15) is 0 Å². The van der Waals surface area contributed by atoms with Crippen LogP contribution in [-0.4, -0.2) is 6.16 Å². The van der Waals surface area contributed by atoms with Gasteiger partial charge in [0.25, 0.3) is 0 Å². The summed E-state index contributed by atoms with van der Waals surface area (Å²) in [5, 5.41) is 0. The lowest BCUT2D eigenvalue weighted by Gasteiger charge is -1.78. The first-order valence-corrected chi connectivity index (χ1v) is 6.98. The van der Waals surface area contributed by atoms with Crippen LogP contribution in [0.15, 0.2) is 62.1 Å². The third-order valence-electron chi connectivity index (χ3n) is 0.787. The van der Waals surface area contributed by atoms with E-state index in [-0.39, 0.29) is 0 Å².